The van der Waals surface area contributed by atoms with Crippen molar-refractivity contribution in [1.29, 1.82) is 0 Å². The van der Waals surface area contributed by atoms with Crippen molar-refractivity contribution < 1.29 is 23.6 Å². The molecule has 142 valence electrons. The number of hydrogen-bond acceptors (Lipinski definition) is 6. The van der Waals surface area contributed by atoms with E-state index in [0.717, 1.165) is 37.0 Å². The van der Waals surface area contributed by atoms with Gasteiger partial charge in [0, 0.05) is 22.0 Å². The third-order valence-electron chi connectivity index (χ3n) is 4.38. The molecule has 0 saturated heterocycles. The van der Waals surface area contributed by atoms with E-state index in [1.165, 1.54) is 22.3 Å². The number of benzene rings is 1. The number of fused-ring (bicyclic) bond motifs is 1. The molecule has 1 aromatic heterocycles. The van der Waals surface area contributed by atoms with Crippen LogP contribution in [0, 0.1) is 21.8 Å². The van der Waals surface area contributed by atoms with E-state index in [2.05, 4.69) is 12.2 Å². The minimum absolute atomic E-state index is 0.0473. The van der Waals surface area contributed by atoms with Crippen LogP contribution in [-0.4, -0.2) is 23.4 Å². The van der Waals surface area contributed by atoms with Crippen LogP contribution in [0.15, 0.2) is 23.6 Å². The second kappa shape index (κ2) is 7.83. The van der Waals surface area contributed by atoms with Crippen LogP contribution < -0.4 is 5.32 Å². The lowest BCUT2D eigenvalue weighted by atomic mass is 9.88. The number of hydrogen-bond donors (Lipinski definition) is 1. The normalized spacial score (nSPS) is 15.7. The minimum atomic E-state index is -0.999. The molecule has 0 bridgehead atoms. The number of rotatable bonds is 5. The van der Waals surface area contributed by atoms with Crippen LogP contribution in [0.25, 0.3) is 0 Å². The predicted octanol–water partition coefficient (Wildman–Crippen LogP) is 3.72. The zero-order valence-corrected chi connectivity index (χ0v) is 15.3. The molecule has 3 rings (SSSR count). The van der Waals surface area contributed by atoms with Gasteiger partial charge >= 0.3 is 11.7 Å². The summed E-state index contributed by atoms with van der Waals surface area (Å²) in [5.74, 6) is -1.64. The van der Waals surface area contributed by atoms with Gasteiger partial charge in [-0.2, -0.15) is 4.39 Å². The van der Waals surface area contributed by atoms with Gasteiger partial charge in [0.2, 0.25) is 5.82 Å². The SMILES string of the molecule is CC1CCc2c(C(=O)OCC(=O)Nc3ccc(F)c([N+](=O)[O-])c3)csc2C1. The first-order valence-corrected chi connectivity index (χ1v) is 9.23. The number of nitrogens with zero attached hydrogens (tertiary/aromatic N) is 1. The molecule has 0 fully saturated rings. The molecule has 1 aliphatic rings. The van der Waals surface area contributed by atoms with Gasteiger partial charge in [-0.15, -0.1) is 11.3 Å². The molecule has 0 spiro atoms. The van der Waals surface area contributed by atoms with Crippen molar-refractivity contribution in [2.75, 3.05) is 11.9 Å². The summed E-state index contributed by atoms with van der Waals surface area (Å²) in [6.45, 7) is 1.63. The van der Waals surface area contributed by atoms with E-state index in [9.17, 15) is 24.1 Å². The summed E-state index contributed by atoms with van der Waals surface area (Å²) < 4.78 is 18.4. The van der Waals surface area contributed by atoms with E-state index in [0.29, 0.717) is 11.5 Å². The summed E-state index contributed by atoms with van der Waals surface area (Å²) in [5, 5.41) is 14.8. The molecule has 27 heavy (non-hydrogen) atoms. The van der Waals surface area contributed by atoms with Gasteiger partial charge < -0.3 is 10.1 Å². The maximum atomic E-state index is 13.3. The third-order valence-corrected chi connectivity index (χ3v) is 5.43. The van der Waals surface area contributed by atoms with Crippen molar-refractivity contribution in [3.8, 4) is 0 Å². The fraction of sp³-hybridized carbons (Fsp3) is 0.333. The van der Waals surface area contributed by atoms with Crippen molar-refractivity contribution in [3.63, 3.8) is 0 Å². The summed E-state index contributed by atoms with van der Waals surface area (Å²) in [5.41, 5.74) is 0.791. The van der Waals surface area contributed by atoms with E-state index in [4.69, 9.17) is 4.74 Å². The molecule has 1 aliphatic carbocycles. The Balaban J connectivity index is 1.59. The summed E-state index contributed by atoms with van der Waals surface area (Å²) in [4.78, 5) is 35.2. The molecule has 1 atom stereocenters. The fourth-order valence-electron chi connectivity index (χ4n) is 2.98. The van der Waals surface area contributed by atoms with E-state index in [-0.39, 0.29) is 5.69 Å². The summed E-state index contributed by atoms with van der Waals surface area (Å²) in [6, 6.07) is 2.99. The average Bonchev–Trinajstić information content (AvgIpc) is 3.04. The Labute approximate surface area is 158 Å². The summed E-state index contributed by atoms with van der Waals surface area (Å²) in [7, 11) is 0. The molecule has 0 radical (unpaired) electrons. The van der Waals surface area contributed by atoms with Gasteiger partial charge in [0.25, 0.3) is 5.91 Å². The highest BCUT2D eigenvalue weighted by Gasteiger charge is 2.24. The number of nitro benzene ring substituents is 1. The van der Waals surface area contributed by atoms with Gasteiger partial charge in [0.15, 0.2) is 6.61 Å². The Hall–Kier alpha value is -2.81. The highest BCUT2D eigenvalue weighted by Crippen LogP contribution is 2.33. The largest absolute Gasteiger partial charge is 0.452 e. The van der Waals surface area contributed by atoms with Crippen molar-refractivity contribution in [2.24, 2.45) is 5.92 Å². The smallest absolute Gasteiger partial charge is 0.339 e. The number of halogens is 1. The lowest BCUT2D eigenvalue weighted by Crippen LogP contribution is -2.21. The number of nitrogens with one attached hydrogen (secondary N) is 1. The Morgan fingerprint density at radius 2 is 2.22 bits per heavy atom. The second-order valence-corrected chi connectivity index (χ2v) is 7.41. The maximum Gasteiger partial charge on any atom is 0.339 e. The van der Waals surface area contributed by atoms with E-state index < -0.39 is 34.9 Å². The number of nitro groups is 1. The molecule has 0 aliphatic heterocycles. The Kier molecular flexibility index (Phi) is 5.50. The number of ether oxygens (including phenoxy) is 1. The van der Waals surface area contributed by atoms with E-state index in [1.807, 2.05) is 0 Å². The van der Waals surface area contributed by atoms with Crippen LogP contribution in [0.2, 0.25) is 0 Å². The first-order valence-electron chi connectivity index (χ1n) is 8.35. The molecule has 1 unspecified atom stereocenters. The van der Waals surface area contributed by atoms with Crippen LogP contribution in [0.3, 0.4) is 0 Å². The highest BCUT2D eigenvalue weighted by molar-refractivity contribution is 7.10. The standard InChI is InChI=1S/C18H17FN2O5S/c1-10-2-4-12-13(9-27-16(12)6-10)18(23)26-8-17(22)20-11-3-5-14(19)15(7-11)21(24)25/h3,5,7,9-10H,2,4,6,8H2,1H3,(H,20,22). The Morgan fingerprint density at radius 3 is 2.96 bits per heavy atom. The Bertz CT molecular complexity index is 911. The van der Waals surface area contributed by atoms with Crippen LogP contribution in [-0.2, 0) is 22.4 Å². The first-order chi connectivity index (χ1) is 12.8. The molecule has 1 heterocycles. The van der Waals surface area contributed by atoms with Crippen molar-refractivity contribution in [2.45, 2.75) is 26.2 Å². The number of carbonyl (C=O) groups excluding carboxylic acids is 2. The quantitative estimate of drug-likeness (QED) is 0.475. The van der Waals surface area contributed by atoms with Crippen LogP contribution >= 0.6 is 11.3 Å². The molecule has 1 aromatic carbocycles. The monoisotopic (exact) mass is 392 g/mol. The molecular weight excluding hydrogens is 375 g/mol. The van der Waals surface area contributed by atoms with Gasteiger partial charge in [-0.05, 0) is 42.9 Å². The second-order valence-electron chi connectivity index (χ2n) is 6.45. The number of thiophene rings is 1. The molecule has 2 aromatic rings. The van der Waals surface area contributed by atoms with Gasteiger partial charge in [-0.1, -0.05) is 6.92 Å². The van der Waals surface area contributed by atoms with Crippen LogP contribution in [0.1, 0.15) is 34.1 Å². The lowest BCUT2D eigenvalue weighted by molar-refractivity contribution is -0.387. The highest BCUT2D eigenvalue weighted by atomic mass is 32.1. The predicted molar refractivity (Wildman–Crippen MR) is 97.5 cm³/mol. The van der Waals surface area contributed by atoms with E-state index >= 15 is 0 Å². The third kappa shape index (κ3) is 4.30. The lowest BCUT2D eigenvalue weighted by Gasteiger charge is -2.18. The first kappa shape index (κ1) is 19.0. The van der Waals surface area contributed by atoms with Gasteiger partial charge in [-0.25, -0.2) is 4.79 Å². The van der Waals surface area contributed by atoms with Crippen molar-refractivity contribution in [3.05, 3.63) is 55.5 Å². The number of esters is 1. The van der Waals surface area contributed by atoms with Crippen LogP contribution in [0.5, 0.6) is 0 Å². The van der Waals surface area contributed by atoms with Gasteiger partial charge in [0.1, 0.15) is 0 Å². The zero-order chi connectivity index (χ0) is 19.6. The molecule has 9 heteroatoms. The summed E-state index contributed by atoms with van der Waals surface area (Å²) in [6.07, 6.45) is 2.76. The topological polar surface area (TPSA) is 98.5 Å². The number of anilines is 1. The Morgan fingerprint density at radius 1 is 1.44 bits per heavy atom. The molecule has 1 N–H and O–H groups in total. The molecule has 7 nitrogen and oxygen atoms in total. The van der Waals surface area contributed by atoms with Crippen LogP contribution in [0.4, 0.5) is 15.8 Å². The van der Waals surface area contributed by atoms with Gasteiger partial charge in [-0.3, -0.25) is 14.9 Å². The number of amides is 1. The zero-order valence-electron chi connectivity index (χ0n) is 14.5. The molecule has 0 saturated carbocycles. The van der Waals surface area contributed by atoms with E-state index in [1.54, 1.807) is 5.38 Å². The maximum absolute atomic E-state index is 13.3. The summed E-state index contributed by atoms with van der Waals surface area (Å²) >= 11 is 1.53. The van der Waals surface area contributed by atoms with Crippen molar-refractivity contribution in [1.82, 2.24) is 0 Å². The molecule has 1 amide bonds. The van der Waals surface area contributed by atoms with Crippen molar-refractivity contribution >= 4 is 34.6 Å². The molecular formula is C18H17FN2O5S. The fourth-order valence-corrected chi connectivity index (χ4v) is 4.22. The number of carbonyl (C=O) groups is 2. The average molecular weight is 392 g/mol. The minimum Gasteiger partial charge on any atom is -0.452 e. The van der Waals surface area contributed by atoms with Gasteiger partial charge in [0.05, 0.1) is 10.5 Å².